The Labute approximate surface area is 113 Å². The van der Waals surface area contributed by atoms with Crippen molar-refractivity contribution < 1.29 is 18.3 Å². The fourth-order valence-corrected chi connectivity index (χ4v) is 3.77. The van der Waals surface area contributed by atoms with Crippen LogP contribution in [-0.2, 0) is 9.53 Å². The fraction of sp³-hybridized carbons (Fsp3) is 0.933. The van der Waals surface area contributed by atoms with Crippen LogP contribution in [0, 0.1) is 17.8 Å². The van der Waals surface area contributed by atoms with E-state index in [1.54, 1.807) is 0 Å². The Morgan fingerprint density at radius 1 is 1.21 bits per heavy atom. The second-order valence-corrected chi connectivity index (χ2v) is 6.40. The number of ether oxygens (including phenoxy) is 1. The zero-order chi connectivity index (χ0) is 13.9. The van der Waals surface area contributed by atoms with Gasteiger partial charge in [0.15, 0.2) is 0 Å². The van der Waals surface area contributed by atoms with E-state index in [4.69, 9.17) is 0 Å². The molecule has 2 unspecified atom stereocenters. The van der Waals surface area contributed by atoms with E-state index in [1.807, 2.05) is 0 Å². The number of hydrogen-bond acceptors (Lipinski definition) is 2. The Morgan fingerprint density at radius 3 is 2.42 bits per heavy atom. The summed E-state index contributed by atoms with van der Waals surface area (Å²) in [6.07, 6.45) is 9.80. The van der Waals surface area contributed by atoms with Gasteiger partial charge in [-0.3, -0.25) is 0 Å². The summed E-state index contributed by atoms with van der Waals surface area (Å²) < 4.78 is 29.8. The summed E-state index contributed by atoms with van der Waals surface area (Å²) in [4.78, 5) is 10.9. The summed E-state index contributed by atoms with van der Waals surface area (Å²) in [5.41, 5.74) is 0. The molecule has 2 nitrogen and oxygen atoms in total. The molecule has 4 heteroatoms. The van der Waals surface area contributed by atoms with Crippen molar-refractivity contribution in [2.24, 2.45) is 17.8 Å². The molecule has 0 aromatic heterocycles. The number of carbonyl (C=O) groups is 1. The predicted molar refractivity (Wildman–Crippen MR) is 69.0 cm³/mol. The maximum Gasteiger partial charge on any atom is 0.376 e. The minimum atomic E-state index is -3.36. The van der Waals surface area contributed by atoms with Gasteiger partial charge in [0, 0.05) is 6.92 Å². The van der Waals surface area contributed by atoms with Crippen molar-refractivity contribution in [2.45, 2.75) is 64.2 Å². The van der Waals surface area contributed by atoms with Gasteiger partial charge in [-0.15, -0.1) is 0 Å². The van der Waals surface area contributed by atoms with Crippen LogP contribution in [0.15, 0.2) is 0 Å². The minimum Gasteiger partial charge on any atom is -0.461 e. The van der Waals surface area contributed by atoms with E-state index in [0.29, 0.717) is 19.3 Å². The summed E-state index contributed by atoms with van der Waals surface area (Å²) in [6, 6.07) is 0. The molecule has 2 aliphatic carbocycles. The zero-order valence-corrected chi connectivity index (χ0v) is 11.7. The third-order valence-electron chi connectivity index (χ3n) is 4.57. The average Bonchev–Trinajstić information content (AvgIpc) is 2.32. The van der Waals surface area contributed by atoms with Gasteiger partial charge in [0.25, 0.3) is 0 Å². The van der Waals surface area contributed by atoms with Crippen molar-refractivity contribution in [3.05, 3.63) is 0 Å². The molecule has 0 aromatic rings. The van der Waals surface area contributed by atoms with E-state index in [9.17, 15) is 13.6 Å². The number of esters is 1. The van der Waals surface area contributed by atoms with Crippen LogP contribution >= 0.6 is 0 Å². The third kappa shape index (κ3) is 4.43. The van der Waals surface area contributed by atoms with E-state index < -0.39 is 11.9 Å². The van der Waals surface area contributed by atoms with Gasteiger partial charge in [-0.2, -0.15) is 8.78 Å². The summed E-state index contributed by atoms with van der Waals surface area (Å²) in [5, 5.41) is 0. The third-order valence-corrected chi connectivity index (χ3v) is 4.57. The van der Waals surface area contributed by atoms with Crippen LogP contribution in [0.2, 0.25) is 0 Å². The Kier molecular flexibility index (Phi) is 4.80. The Morgan fingerprint density at radius 2 is 1.84 bits per heavy atom. The molecule has 0 aliphatic heterocycles. The molecule has 2 rings (SSSR count). The van der Waals surface area contributed by atoms with Crippen LogP contribution in [0.3, 0.4) is 0 Å². The van der Waals surface area contributed by atoms with E-state index in [1.165, 1.54) is 38.5 Å². The fourth-order valence-electron chi connectivity index (χ4n) is 3.77. The largest absolute Gasteiger partial charge is 0.461 e. The molecular formula is C15H24F2O2. The summed E-state index contributed by atoms with van der Waals surface area (Å²) >= 11 is 0. The van der Waals surface area contributed by atoms with Crippen molar-refractivity contribution in [1.29, 1.82) is 0 Å². The van der Waals surface area contributed by atoms with Crippen molar-refractivity contribution in [2.75, 3.05) is 6.61 Å². The molecule has 0 N–H and O–H groups in total. The zero-order valence-electron chi connectivity index (χ0n) is 11.7. The number of carbonyl (C=O) groups excluding carboxylic acids is 1. The average molecular weight is 274 g/mol. The highest BCUT2D eigenvalue weighted by Crippen LogP contribution is 2.43. The smallest absolute Gasteiger partial charge is 0.376 e. The van der Waals surface area contributed by atoms with Crippen LogP contribution in [-0.4, -0.2) is 18.5 Å². The molecular weight excluding hydrogens is 250 g/mol. The van der Waals surface area contributed by atoms with Gasteiger partial charge in [0.2, 0.25) is 0 Å². The van der Waals surface area contributed by atoms with Crippen LogP contribution in [0.5, 0.6) is 0 Å². The SMILES string of the molecule is CC(F)(F)C(=O)OCCCC1CC2CCCC(C1)C2. The van der Waals surface area contributed by atoms with Crippen LogP contribution in [0.25, 0.3) is 0 Å². The molecule has 2 saturated carbocycles. The highest BCUT2D eigenvalue weighted by molar-refractivity contribution is 5.76. The lowest BCUT2D eigenvalue weighted by Gasteiger charge is -2.39. The molecule has 0 radical (unpaired) electrons. The molecule has 19 heavy (non-hydrogen) atoms. The Hall–Kier alpha value is -0.670. The highest BCUT2D eigenvalue weighted by Gasteiger charge is 2.34. The lowest BCUT2D eigenvalue weighted by atomic mass is 9.67. The maximum atomic E-state index is 12.6. The van der Waals surface area contributed by atoms with Gasteiger partial charge in [-0.05, 0) is 49.9 Å². The molecule has 0 saturated heterocycles. The quantitative estimate of drug-likeness (QED) is 0.555. The lowest BCUT2D eigenvalue weighted by Crippen LogP contribution is -2.28. The summed E-state index contributed by atoms with van der Waals surface area (Å²) in [7, 11) is 0. The highest BCUT2D eigenvalue weighted by atomic mass is 19.3. The summed E-state index contributed by atoms with van der Waals surface area (Å²) in [6.45, 7) is 0.714. The van der Waals surface area contributed by atoms with E-state index in [2.05, 4.69) is 4.74 Å². The van der Waals surface area contributed by atoms with E-state index in [-0.39, 0.29) is 6.61 Å². The molecule has 2 atom stereocenters. The second kappa shape index (κ2) is 6.19. The van der Waals surface area contributed by atoms with Gasteiger partial charge >= 0.3 is 11.9 Å². The minimum absolute atomic E-state index is 0.133. The van der Waals surface area contributed by atoms with Gasteiger partial charge in [0.1, 0.15) is 0 Å². The molecule has 2 fully saturated rings. The number of halogens is 2. The lowest BCUT2D eigenvalue weighted by molar-refractivity contribution is -0.169. The molecule has 0 amide bonds. The first-order valence-electron chi connectivity index (χ1n) is 7.50. The Balaban J connectivity index is 1.62. The normalized spacial score (nSPS) is 31.0. The maximum absolute atomic E-state index is 12.6. The molecule has 0 spiro atoms. The van der Waals surface area contributed by atoms with E-state index >= 15 is 0 Å². The number of fused-ring (bicyclic) bond motifs is 2. The van der Waals surface area contributed by atoms with Gasteiger partial charge in [-0.1, -0.05) is 19.3 Å². The monoisotopic (exact) mass is 274 g/mol. The first-order chi connectivity index (χ1) is 8.95. The van der Waals surface area contributed by atoms with Gasteiger partial charge in [0.05, 0.1) is 6.61 Å². The first kappa shape index (κ1) is 14.7. The molecule has 0 aromatic carbocycles. The van der Waals surface area contributed by atoms with Crippen molar-refractivity contribution in [3.63, 3.8) is 0 Å². The number of hydrogen-bond donors (Lipinski definition) is 0. The van der Waals surface area contributed by atoms with E-state index in [0.717, 1.165) is 18.3 Å². The van der Waals surface area contributed by atoms with Crippen molar-refractivity contribution >= 4 is 5.97 Å². The molecule has 110 valence electrons. The van der Waals surface area contributed by atoms with Crippen LogP contribution < -0.4 is 0 Å². The number of rotatable bonds is 5. The van der Waals surface area contributed by atoms with Gasteiger partial charge in [-0.25, -0.2) is 4.79 Å². The number of alkyl halides is 2. The van der Waals surface area contributed by atoms with Crippen molar-refractivity contribution in [3.8, 4) is 0 Å². The molecule has 0 heterocycles. The van der Waals surface area contributed by atoms with Crippen LogP contribution in [0.1, 0.15) is 58.3 Å². The topological polar surface area (TPSA) is 26.3 Å². The summed E-state index contributed by atoms with van der Waals surface area (Å²) in [5.74, 6) is -2.26. The first-order valence-corrected chi connectivity index (χ1v) is 7.50. The van der Waals surface area contributed by atoms with Crippen LogP contribution in [0.4, 0.5) is 8.78 Å². The van der Waals surface area contributed by atoms with Crippen molar-refractivity contribution in [1.82, 2.24) is 0 Å². The predicted octanol–water partition coefficient (Wildman–Crippen LogP) is 4.18. The standard InChI is InChI=1S/C15H24F2O2/c1-15(16,17)14(18)19-7-3-6-13-9-11-4-2-5-12(8-11)10-13/h11-13H,2-10H2,1H3. The van der Waals surface area contributed by atoms with Gasteiger partial charge < -0.3 is 4.74 Å². The molecule has 2 aliphatic rings. The Bertz CT molecular complexity index is 300. The second-order valence-electron chi connectivity index (χ2n) is 6.40. The molecule has 2 bridgehead atoms.